The van der Waals surface area contributed by atoms with E-state index in [0.717, 1.165) is 18.7 Å². The van der Waals surface area contributed by atoms with Crippen molar-refractivity contribution in [2.75, 3.05) is 13.2 Å². The number of benzene rings is 1. The van der Waals surface area contributed by atoms with Crippen LogP contribution in [0.1, 0.15) is 44.5 Å². The summed E-state index contributed by atoms with van der Waals surface area (Å²) in [7, 11) is 0. The Hall–Kier alpha value is -1.35. The summed E-state index contributed by atoms with van der Waals surface area (Å²) in [5, 5.41) is 3.19. The van der Waals surface area contributed by atoms with Gasteiger partial charge >= 0.3 is 0 Å². The van der Waals surface area contributed by atoms with Crippen LogP contribution < -0.4 is 10.1 Å². The van der Waals surface area contributed by atoms with E-state index in [1.54, 1.807) is 0 Å². The van der Waals surface area contributed by atoms with Crippen molar-refractivity contribution >= 4 is 5.78 Å². The van der Waals surface area contributed by atoms with Gasteiger partial charge in [-0.1, -0.05) is 13.8 Å². The van der Waals surface area contributed by atoms with E-state index in [0.29, 0.717) is 12.2 Å². The molecule has 0 aliphatic heterocycles. The highest BCUT2D eigenvalue weighted by Crippen LogP contribution is 2.17. The molecule has 0 atom stereocenters. The smallest absolute Gasteiger partial charge is 0.182 e. The Morgan fingerprint density at radius 2 is 1.83 bits per heavy atom. The van der Waals surface area contributed by atoms with Gasteiger partial charge in [-0.3, -0.25) is 4.79 Å². The molecule has 0 heterocycles. The van der Waals surface area contributed by atoms with Crippen molar-refractivity contribution in [3.63, 3.8) is 0 Å². The lowest BCUT2D eigenvalue weighted by atomic mass is 9.93. The van der Waals surface area contributed by atoms with E-state index in [-0.39, 0.29) is 5.78 Å². The molecule has 18 heavy (non-hydrogen) atoms. The summed E-state index contributed by atoms with van der Waals surface area (Å²) in [5.74, 6) is 0.918. The molecule has 3 nitrogen and oxygen atoms in total. The number of hydrogen-bond donors (Lipinski definition) is 1. The molecule has 0 unspecified atom stereocenters. The highest BCUT2D eigenvalue weighted by atomic mass is 16.5. The minimum Gasteiger partial charge on any atom is -0.494 e. The average molecular weight is 249 g/mol. The minimum atomic E-state index is -0.527. The van der Waals surface area contributed by atoms with Gasteiger partial charge in [0.1, 0.15) is 5.75 Å². The van der Waals surface area contributed by atoms with Crippen molar-refractivity contribution < 1.29 is 9.53 Å². The third-order valence-corrected chi connectivity index (χ3v) is 2.78. The molecule has 0 aliphatic rings. The second kappa shape index (κ2) is 6.55. The summed E-state index contributed by atoms with van der Waals surface area (Å²) < 4.78 is 5.50. The van der Waals surface area contributed by atoms with Gasteiger partial charge in [-0.25, -0.2) is 0 Å². The molecule has 1 rings (SSSR count). The molecular formula is C15H23NO2. The topological polar surface area (TPSA) is 38.3 Å². The van der Waals surface area contributed by atoms with E-state index < -0.39 is 5.54 Å². The van der Waals surface area contributed by atoms with Crippen LogP contribution in [0.3, 0.4) is 0 Å². The zero-order chi connectivity index (χ0) is 13.6. The van der Waals surface area contributed by atoms with Crippen LogP contribution in [0.2, 0.25) is 0 Å². The molecule has 0 aliphatic carbocycles. The highest BCUT2D eigenvalue weighted by Gasteiger charge is 2.27. The largest absolute Gasteiger partial charge is 0.494 e. The van der Waals surface area contributed by atoms with E-state index >= 15 is 0 Å². The lowest BCUT2D eigenvalue weighted by Gasteiger charge is -2.24. The summed E-state index contributed by atoms with van der Waals surface area (Å²) >= 11 is 0. The van der Waals surface area contributed by atoms with Crippen LogP contribution in [-0.2, 0) is 0 Å². The molecule has 3 heteroatoms. The maximum absolute atomic E-state index is 12.3. The van der Waals surface area contributed by atoms with E-state index in [4.69, 9.17) is 4.74 Å². The SMILES string of the molecule is CCCOc1ccc(C(=O)C(C)(C)NCC)cc1. The second-order valence-corrected chi connectivity index (χ2v) is 4.86. The van der Waals surface area contributed by atoms with Crippen molar-refractivity contribution in [2.45, 2.75) is 39.7 Å². The lowest BCUT2D eigenvalue weighted by molar-refractivity contribution is 0.0884. The Labute approximate surface area is 110 Å². The maximum Gasteiger partial charge on any atom is 0.182 e. The number of hydrogen-bond acceptors (Lipinski definition) is 3. The second-order valence-electron chi connectivity index (χ2n) is 4.86. The van der Waals surface area contributed by atoms with Gasteiger partial charge in [0.25, 0.3) is 0 Å². The third kappa shape index (κ3) is 3.84. The Balaban J connectivity index is 2.75. The Morgan fingerprint density at radius 1 is 1.22 bits per heavy atom. The molecular weight excluding hydrogens is 226 g/mol. The van der Waals surface area contributed by atoms with Crippen molar-refractivity contribution in [1.29, 1.82) is 0 Å². The van der Waals surface area contributed by atoms with Gasteiger partial charge in [0, 0.05) is 5.56 Å². The van der Waals surface area contributed by atoms with Crippen LogP contribution in [0.25, 0.3) is 0 Å². The van der Waals surface area contributed by atoms with Crippen molar-refractivity contribution in [2.24, 2.45) is 0 Å². The molecule has 0 saturated carbocycles. The fraction of sp³-hybridized carbons (Fsp3) is 0.533. The number of ketones is 1. The summed E-state index contributed by atoms with van der Waals surface area (Å²) in [5.41, 5.74) is 0.186. The predicted molar refractivity (Wildman–Crippen MR) is 74.3 cm³/mol. The molecule has 0 amide bonds. The van der Waals surface area contributed by atoms with E-state index in [1.807, 2.05) is 45.0 Å². The minimum absolute atomic E-state index is 0.103. The van der Waals surface area contributed by atoms with Crippen LogP contribution in [-0.4, -0.2) is 24.5 Å². The van der Waals surface area contributed by atoms with Crippen LogP contribution in [0, 0.1) is 0 Å². The predicted octanol–water partition coefficient (Wildman–Crippen LogP) is 3.05. The molecule has 1 N–H and O–H groups in total. The van der Waals surface area contributed by atoms with Gasteiger partial charge < -0.3 is 10.1 Å². The molecule has 0 bridgehead atoms. The average Bonchev–Trinajstić information content (AvgIpc) is 2.36. The molecule has 1 aromatic carbocycles. The standard InChI is InChI=1S/C15H23NO2/c1-5-11-18-13-9-7-12(8-10-13)14(17)15(3,4)16-6-2/h7-10,16H,5-6,11H2,1-4H3. The van der Waals surface area contributed by atoms with Crippen LogP contribution in [0.15, 0.2) is 24.3 Å². The highest BCUT2D eigenvalue weighted by molar-refractivity contribution is 6.02. The van der Waals surface area contributed by atoms with Gasteiger partial charge in [0.2, 0.25) is 0 Å². The Bertz CT molecular complexity index is 382. The normalized spacial score (nSPS) is 11.3. The molecule has 0 fully saturated rings. The van der Waals surface area contributed by atoms with Crippen LogP contribution in [0.4, 0.5) is 0 Å². The molecule has 1 aromatic rings. The fourth-order valence-corrected chi connectivity index (χ4v) is 1.81. The fourth-order valence-electron chi connectivity index (χ4n) is 1.81. The molecule has 0 aromatic heterocycles. The maximum atomic E-state index is 12.3. The first-order valence-electron chi connectivity index (χ1n) is 6.54. The van der Waals surface area contributed by atoms with Gasteiger partial charge in [-0.15, -0.1) is 0 Å². The number of rotatable bonds is 7. The Kier molecular flexibility index (Phi) is 5.35. The molecule has 0 spiro atoms. The number of ether oxygens (including phenoxy) is 1. The number of nitrogens with one attached hydrogen (secondary N) is 1. The van der Waals surface area contributed by atoms with E-state index in [1.165, 1.54) is 0 Å². The van der Waals surface area contributed by atoms with Gasteiger partial charge in [-0.2, -0.15) is 0 Å². The number of likely N-dealkylation sites (N-methyl/N-ethyl adjacent to an activating group) is 1. The van der Waals surface area contributed by atoms with Crippen LogP contribution in [0.5, 0.6) is 5.75 Å². The Morgan fingerprint density at radius 3 is 2.33 bits per heavy atom. The lowest BCUT2D eigenvalue weighted by Crippen LogP contribution is -2.46. The molecule has 100 valence electrons. The summed E-state index contributed by atoms with van der Waals surface area (Å²) in [6.07, 6.45) is 0.980. The van der Waals surface area contributed by atoms with Crippen molar-refractivity contribution in [3.8, 4) is 5.75 Å². The molecule has 0 radical (unpaired) electrons. The van der Waals surface area contributed by atoms with Crippen molar-refractivity contribution in [3.05, 3.63) is 29.8 Å². The zero-order valence-corrected chi connectivity index (χ0v) is 11.7. The first kappa shape index (κ1) is 14.7. The van der Waals surface area contributed by atoms with Crippen LogP contribution >= 0.6 is 0 Å². The zero-order valence-electron chi connectivity index (χ0n) is 11.7. The number of Topliss-reactive ketones (excluding diaryl/α,β-unsaturated/α-hetero) is 1. The first-order valence-corrected chi connectivity index (χ1v) is 6.54. The van der Waals surface area contributed by atoms with Crippen molar-refractivity contribution in [1.82, 2.24) is 5.32 Å². The van der Waals surface area contributed by atoms with Gasteiger partial charge in [0.15, 0.2) is 5.78 Å². The van der Waals surface area contributed by atoms with Gasteiger partial charge in [0.05, 0.1) is 12.1 Å². The van der Waals surface area contributed by atoms with E-state index in [9.17, 15) is 4.79 Å². The quantitative estimate of drug-likeness (QED) is 0.755. The summed E-state index contributed by atoms with van der Waals surface area (Å²) in [6.45, 7) is 9.35. The monoisotopic (exact) mass is 249 g/mol. The van der Waals surface area contributed by atoms with Gasteiger partial charge in [-0.05, 0) is 51.1 Å². The third-order valence-electron chi connectivity index (χ3n) is 2.78. The number of carbonyl (C=O) groups is 1. The summed E-state index contributed by atoms with van der Waals surface area (Å²) in [4.78, 5) is 12.3. The number of carbonyl (C=O) groups excluding carboxylic acids is 1. The molecule has 0 saturated heterocycles. The van der Waals surface area contributed by atoms with E-state index in [2.05, 4.69) is 12.2 Å². The summed E-state index contributed by atoms with van der Waals surface area (Å²) in [6, 6.07) is 7.36. The first-order chi connectivity index (χ1) is 8.51.